The lowest BCUT2D eigenvalue weighted by atomic mass is 10.2. The van der Waals surface area contributed by atoms with Crippen LogP contribution in [0, 0.1) is 6.92 Å². The molecule has 0 unspecified atom stereocenters. The smallest absolute Gasteiger partial charge is 0.233 e. The van der Waals surface area contributed by atoms with Gasteiger partial charge in [0.05, 0.1) is 19.4 Å². The highest BCUT2D eigenvalue weighted by Gasteiger charge is 2.32. The Bertz CT molecular complexity index is 984. The fourth-order valence-electron chi connectivity index (χ4n) is 3.36. The van der Waals surface area contributed by atoms with Crippen molar-refractivity contribution in [3.8, 4) is 5.75 Å². The van der Waals surface area contributed by atoms with E-state index in [2.05, 4.69) is 26.9 Å². The Labute approximate surface area is 181 Å². The van der Waals surface area contributed by atoms with Crippen LogP contribution in [0.4, 0.5) is 0 Å². The number of carbonyl (C=O) groups excluding carboxylic acids is 1. The highest BCUT2D eigenvalue weighted by atomic mass is 32.2. The Morgan fingerprint density at radius 3 is 2.50 bits per heavy atom. The third-order valence-electron chi connectivity index (χ3n) is 5.23. The van der Waals surface area contributed by atoms with Crippen LogP contribution < -0.4 is 4.74 Å². The maximum atomic E-state index is 13.0. The monoisotopic (exact) mass is 422 g/mol. The van der Waals surface area contributed by atoms with Gasteiger partial charge in [0.2, 0.25) is 5.91 Å². The number of hydrogen-bond donors (Lipinski definition) is 0. The minimum absolute atomic E-state index is 0.144. The second-order valence-corrected chi connectivity index (χ2v) is 8.43. The summed E-state index contributed by atoms with van der Waals surface area (Å²) in [6.45, 7) is 3.28. The molecule has 0 spiro atoms. The van der Waals surface area contributed by atoms with Crippen molar-refractivity contribution in [2.24, 2.45) is 0 Å². The van der Waals surface area contributed by atoms with Crippen LogP contribution in [-0.4, -0.2) is 44.5 Å². The maximum Gasteiger partial charge on any atom is 0.233 e. The number of rotatable bonds is 9. The van der Waals surface area contributed by atoms with Gasteiger partial charge in [0.15, 0.2) is 5.16 Å². The second-order valence-electron chi connectivity index (χ2n) is 7.49. The number of aromatic nitrogens is 3. The largest absolute Gasteiger partial charge is 0.497 e. The fraction of sp³-hybridized carbons (Fsp3) is 0.348. The molecule has 0 bridgehead atoms. The number of amides is 1. The van der Waals surface area contributed by atoms with Crippen LogP contribution >= 0.6 is 11.8 Å². The summed E-state index contributed by atoms with van der Waals surface area (Å²) in [5.74, 6) is 2.18. The first-order chi connectivity index (χ1) is 14.6. The molecule has 1 fully saturated rings. The van der Waals surface area contributed by atoms with Gasteiger partial charge in [-0.05, 0) is 43.0 Å². The normalized spacial score (nSPS) is 13.3. The highest BCUT2D eigenvalue weighted by Crippen LogP contribution is 2.30. The van der Waals surface area contributed by atoms with Gasteiger partial charge >= 0.3 is 0 Å². The van der Waals surface area contributed by atoms with Crippen molar-refractivity contribution in [3.63, 3.8) is 0 Å². The van der Waals surface area contributed by atoms with Crippen LogP contribution in [0.15, 0.2) is 59.8 Å². The summed E-state index contributed by atoms with van der Waals surface area (Å²) in [5.41, 5.74) is 2.30. The average Bonchev–Trinajstić information content (AvgIpc) is 3.56. The molecule has 1 aliphatic carbocycles. The number of methoxy groups -OCH3 is 1. The topological polar surface area (TPSA) is 60.2 Å². The Morgan fingerprint density at radius 2 is 1.83 bits per heavy atom. The Hall–Kier alpha value is -2.80. The van der Waals surface area contributed by atoms with Crippen LogP contribution in [-0.2, 0) is 17.9 Å². The molecule has 0 saturated heterocycles. The molecule has 0 radical (unpaired) electrons. The van der Waals surface area contributed by atoms with Gasteiger partial charge in [-0.25, -0.2) is 0 Å². The van der Waals surface area contributed by atoms with Gasteiger partial charge in [0, 0.05) is 12.6 Å². The lowest BCUT2D eigenvalue weighted by molar-refractivity contribution is -0.129. The van der Waals surface area contributed by atoms with Crippen LogP contribution in [0.25, 0.3) is 0 Å². The summed E-state index contributed by atoms with van der Waals surface area (Å²) >= 11 is 1.46. The van der Waals surface area contributed by atoms with Crippen LogP contribution in [0.5, 0.6) is 5.75 Å². The Kier molecular flexibility index (Phi) is 6.38. The van der Waals surface area contributed by atoms with Gasteiger partial charge in [0.25, 0.3) is 0 Å². The first kappa shape index (κ1) is 20.5. The van der Waals surface area contributed by atoms with Gasteiger partial charge < -0.3 is 14.2 Å². The fourth-order valence-corrected chi connectivity index (χ4v) is 4.23. The van der Waals surface area contributed by atoms with E-state index < -0.39 is 0 Å². The zero-order valence-electron chi connectivity index (χ0n) is 17.3. The SMILES string of the molecule is COc1ccc(CN(C(=O)CSc2nnc(C)n2Cc2ccccc2)C2CC2)cc1. The lowest BCUT2D eigenvalue weighted by Crippen LogP contribution is -2.34. The van der Waals surface area contributed by atoms with Gasteiger partial charge in [-0.3, -0.25) is 4.79 Å². The van der Waals surface area contributed by atoms with E-state index in [4.69, 9.17) is 4.74 Å². The number of benzene rings is 2. The molecule has 1 aromatic heterocycles. The molecule has 0 aliphatic heterocycles. The van der Waals surface area contributed by atoms with Crippen molar-refractivity contribution in [1.29, 1.82) is 0 Å². The Balaban J connectivity index is 1.40. The van der Waals surface area contributed by atoms with E-state index in [1.807, 2.05) is 54.3 Å². The molecule has 2 aromatic carbocycles. The summed E-state index contributed by atoms with van der Waals surface area (Å²) in [6, 6.07) is 18.5. The predicted molar refractivity (Wildman–Crippen MR) is 118 cm³/mol. The summed E-state index contributed by atoms with van der Waals surface area (Å²) < 4.78 is 7.29. The molecule has 156 valence electrons. The van der Waals surface area contributed by atoms with E-state index >= 15 is 0 Å². The molecule has 1 aliphatic rings. The zero-order chi connectivity index (χ0) is 20.9. The van der Waals surface area contributed by atoms with E-state index in [-0.39, 0.29) is 5.91 Å². The molecule has 3 aromatic rings. The van der Waals surface area contributed by atoms with Crippen LogP contribution in [0.1, 0.15) is 29.8 Å². The minimum atomic E-state index is 0.144. The predicted octanol–water partition coefficient (Wildman–Crippen LogP) is 3.93. The van der Waals surface area contributed by atoms with E-state index in [0.29, 0.717) is 24.9 Å². The summed E-state index contributed by atoms with van der Waals surface area (Å²) in [7, 11) is 1.66. The molecular weight excluding hydrogens is 396 g/mol. The van der Waals surface area contributed by atoms with Crippen LogP contribution in [0.3, 0.4) is 0 Å². The standard InChI is InChI=1S/C23H26N4O2S/c1-17-24-25-23(26(17)14-18-6-4-3-5-7-18)30-16-22(28)27(20-10-11-20)15-19-8-12-21(29-2)13-9-19/h3-9,12-13,20H,10-11,14-16H2,1-2H3. The quantitative estimate of drug-likeness (QED) is 0.489. The minimum Gasteiger partial charge on any atom is -0.497 e. The summed E-state index contributed by atoms with van der Waals surface area (Å²) in [5, 5.41) is 9.30. The molecule has 1 heterocycles. The third kappa shape index (κ3) is 5.02. The van der Waals surface area contributed by atoms with E-state index in [9.17, 15) is 4.79 Å². The molecule has 1 saturated carbocycles. The van der Waals surface area contributed by atoms with Crippen molar-refractivity contribution >= 4 is 17.7 Å². The van der Waals surface area contributed by atoms with Crippen molar-refractivity contribution in [2.75, 3.05) is 12.9 Å². The molecule has 1 amide bonds. The third-order valence-corrected chi connectivity index (χ3v) is 6.18. The van der Waals surface area contributed by atoms with Gasteiger partial charge in [-0.1, -0.05) is 54.2 Å². The molecular formula is C23H26N4O2S. The van der Waals surface area contributed by atoms with E-state index in [1.54, 1.807) is 7.11 Å². The number of nitrogens with zero attached hydrogens (tertiary/aromatic N) is 4. The first-order valence-electron chi connectivity index (χ1n) is 10.1. The molecule has 30 heavy (non-hydrogen) atoms. The second kappa shape index (κ2) is 9.34. The number of hydrogen-bond acceptors (Lipinski definition) is 5. The van der Waals surface area contributed by atoms with Crippen LogP contribution in [0.2, 0.25) is 0 Å². The first-order valence-corrected chi connectivity index (χ1v) is 11.1. The number of carbonyl (C=O) groups is 1. The van der Waals surface area contributed by atoms with E-state index in [0.717, 1.165) is 35.1 Å². The summed E-state index contributed by atoms with van der Waals surface area (Å²) in [4.78, 5) is 15.0. The summed E-state index contributed by atoms with van der Waals surface area (Å²) in [6.07, 6.45) is 2.16. The lowest BCUT2D eigenvalue weighted by Gasteiger charge is -2.22. The molecule has 4 rings (SSSR count). The van der Waals surface area contributed by atoms with Crippen molar-refractivity contribution in [1.82, 2.24) is 19.7 Å². The molecule has 7 heteroatoms. The molecule has 0 atom stereocenters. The molecule has 6 nitrogen and oxygen atoms in total. The van der Waals surface area contributed by atoms with Crippen molar-refractivity contribution in [3.05, 3.63) is 71.5 Å². The van der Waals surface area contributed by atoms with Crippen molar-refractivity contribution in [2.45, 2.75) is 44.1 Å². The Morgan fingerprint density at radius 1 is 1.10 bits per heavy atom. The highest BCUT2D eigenvalue weighted by molar-refractivity contribution is 7.99. The van der Waals surface area contributed by atoms with Gasteiger partial charge in [-0.2, -0.15) is 0 Å². The van der Waals surface area contributed by atoms with Crippen molar-refractivity contribution < 1.29 is 9.53 Å². The van der Waals surface area contributed by atoms with E-state index in [1.165, 1.54) is 17.3 Å². The number of ether oxygens (including phenoxy) is 1. The molecule has 0 N–H and O–H groups in total. The van der Waals surface area contributed by atoms with Gasteiger partial charge in [0.1, 0.15) is 11.6 Å². The average molecular weight is 423 g/mol. The maximum absolute atomic E-state index is 13.0. The number of aryl methyl sites for hydroxylation is 1. The zero-order valence-corrected chi connectivity index (χ0v) is 18.1. The van der Waals surface area contributed by atoms with Gasteiger partial charge in [-0.15, -0.1) is 10.2 Å². The number of thioether (sulfide) groups is 1.